The van der Waals surface area contributed by atoms with Crippen molar-refractivity contribution in [3.05, 3.63) is 60.3 Å². The highest BCUT2D eigenvalue weighted by Crippen LogP contribution is 2.47. The van der Waals surface area contributed by atoms with Gasteiger partial charge in [-0.05, 0) is 56.2 Å². The number of hydrogen-bond acceptors (Lipinski definition) is 5. The Morgan fingerprint density at radius 1 is 1.16 bits per heavy atom. The maximum absolute atomic E-state index is 15.1. The van der Waals surface area contributed by atoms with Gasteiger partial charge in [-0.25, -0.2) is 13.8 Å². The number of rotatable bonds is 3. The van der Waals surface area contributed by atoms with Crippen molar-refractivity contribution >= 4 is 6.08 Å². The van der Waals surface area contributed by atoms with Gasteiger partial charge in [-0.1, -0.05) is 0 Å². The third kappa shape index (κ3) is 3.31. The van der Waals surface area contributed by atoms with E-state index in [0.29, 0.717) is 22.5 Å². The first-order valence-corrected chi connectivity index (χ1v) is 10.2. The number of alkyl halides is 2. The van der Waals surface area contributed by atoms with Gasteiger partial charge in [0.15, 0.2) is 0 Å². The molecule has 1 aromatic carbocycles. The molecule has 2 fully saturated rings. The van der Waals surface area contributed by atoms with Crippen LogP contribution in [-0.4, -0.2) is 48.3 Å². The molecule has 6 nitrogen and oxygen atoms in total. The maximum atomic E-state index is 15.1. The molecule has 0 saturated carbocycles. The van der Waals surface area contributed by atoms with Crippen molar-refractivity contribution in [1.29, 1.82) is 0 Å². The fourth-order valence-electron chi connectivity index (χ4n) is 4.81. The van der Waals surface area contributed by atoms with Gasteiger partial charge in [0.1, 0.15) is 18.1 Å². The van der Waals surface area contributed by atoms with Crippen LogP contribution >= 0.6 is 0 Å². The van der Waals surface area contributed by atoms with Crippen LogP contribution in [0.25, 0.3) is 23.0 Å². The summed E-state index contributed by atoms with van der Waals surface area (Å²) < 4.78 is 31.4. The van der Waals surface area contributed by atoms with Gasteiger partial charge >= 0.3 is 0 Å². The third-order valence-corrected chi connectivity index (χ3v) is 6.40. The quantitative estimate of drug-likeness (QED) is 0.666. The molecule has 3 aromatic rings. The number of piperidine rings is 1. The summed E-state index contributed by atoms with van der Waals surface area (Å²) in [5, 5.41) is 22.0. The second kappa shape index (κ2) is 6.95. The summed E-state index contributed by atoms with van der Waals surface area (Å²) in [7, 11) is 0. The molecule has 0 unspecified atom stereocenters. The Balaban J connectivity index is 1.41. The molecule has 8 heteroatoms. The molecule has 2 N–H and O–H groups in total. The summed E-state index contributed by atoms with van der Waals surface area (Å²) in [5.74, 6) is 0.0696. The largest absolute Gasteiger partial charge is 0.507 e. The molecule has 5 rings (SSSR count). The van der Waals surface area contributed by atoms with Crippen LogP contribution in [-0.2, 0) is 0 Å². The zero-order valence-corrected chi connectivity index (χ0v) is 17.3. The Hall–Kier alpha value is -3.13. The van der Waals surface area contributed by atoms with Gasteiger partial charge in [-0.2, -0.15) is 5.10 Å². The number of phenols is 1. The van der Waals surface area contributed by atoms with E-state index < -0.39 is 23.4 Å². The van der Waals surface area contributed by atoms with Crippen molar-refractivity contribution in [1.82, 2.24) is 25.1 Å². The topological polar surface area (TPSA) is 75.9 Å². The van der Waals surface area contributed by atoms with E-state index in [9.17, 15) is 9.50 Å². The van der Waals surface area contributed by atoms with E-state index in [1.165, 1.54) is 0 Å². The van der Waals surface area contributed by atoms with Crippen LogP contribution in [0.4, 0.5) is 8.78 Å². The molecule has 2 aliphatic heterocycles. The van der Waals surface area contributed by atoms with Crippen molar-refractivity contribution in [2.75, 3.05) is 0 Å². The minimum absolute atomic E-state index is 0.0696. The average molecular weight is 423 g/mol. The third-order valence-electron chi connectivity index (χ3n) is 6.40. The van der Waals surface area contributed by atoms with Crippen molar-refractivity contribution in [3.63, 3.8) is 0 Å². The van der Waals surface area contributed by atoms with Gasteiger partial charge in [0, 0.05) is 30.4 Å². The first kappa shape index (κ1) is 19.8. The maximum Gasteiger partial charge on any atom is 0.140 e. The van der Waals surface area contributed by atoms with Gasteiger partial charge in [-0.3, -0.25) is 0 Å². The van der Waals surface area contributed by atoms with E-state index >= 15 is 4.39 Å². The molecular weight excluding hydrogens is 400 g/mol. The molecule has 0 spiro atoms. The Morgan fingerprint density at radius 3 is 2.68 bits per heavy atom. The summed E-state index contributed by atoms with van der Waals surface area (Å²) in [5.41, 5.74) is 1.17. The Labute approximate surface area is 178 Å². The number of halogens is 2. The van der Waals surface area contributed by atoms with Crippen LogP contribution in [0.5, 0.6) is 5.75 Å². The highest BCUT2D eigenvalue weighted by molar-refractivity contribution is 5.69. The van der Waals surface area contributed by atoms with Crippen LogP contribution in [0.1, 0.15) is 32.4 Å². The van der Waals surface area contributed by atoms with E-state index in [1.54, 1.807) is 67.5 Å². The molecule has 160 valence electrons. The summed E-state index contributed by atoms with van der Waals surface area (Å²) in [6.45, 7) is 3.53. The summed E-state index contributed by atoms with van der Waals surface area (Å²) in [6.07, 6.45) is 4.81. The molecule has 4 heterocycles. The van der Waals surface area contributed by atoms with Gasteiger partial charge in [0.05, 0.1) is 34.5 Å². The summed E-state index contributed by atoms with van der Waals surface area (Å²) >= 11 is 0. The molecular formula is C23H23F2N5O. The number of imidazole rings is 1. The van der Waals surface area contributed by atoms with E-state index in [2.05, 4.69) is 20.5 Å². The average Bonchev–Trinajstić information content (AvgIpc) is 3.33. The first-order chi connectivity index (χ1) is 14.8. The van der Waals surface area contributed by atoms with Crippen LogP contribution in [0.3, 0.4) is 0 Å². The lowest BCUT2D eigenvalue weighted by Gasteiger charge is -2.41. The zero-order valence-electron chi connectivity index (χ0n) is 17.3. The van der Waals surface area contributed by atoms with Crippen molar-refractivity contribution in [2.24, 2.45) is 0 Å². The fraction of sp³-hybridized carbons (Fsp3) is 0.348. The second-order valence-corrected chi connectivity index (χ2v) is 8.91. The number of nitrogens with one attached hydrogen (secondary N) is 1. The Morgan fingerprint density at radius 2 is 2.00 bits per heavy atom. The summed E-state index contributed by atoms with van der Waals surface area (Å²) in [4.78, 5) is 4.00. The number of fused-ring (bicyclic) bond motifs is 2. The lowest BCUT2D eigenvalue weighted by molar-refractivity contribution is 0.151. The lowest BCUT2D eigenvalue weighted by Crippen LogP contribution is -2.58. The molecule has 0 aliphatic carbocycles. The highest BCUT2D eigenvalue weighted by Gasteiger charge is 2.58. The number of hydrogen-bond donors (Lipinski definition) is 2. The normalized spacial score (nSPS) is 31.3. The fourth-order valence-corrected chi connectivity index (χ4v) is 4.81. The SMILES string of the molecule is C[C@]12C/C(=C\c3ccc(-c4ccc(-n5ccnc5)cc4O)nn3)[C@H](F)[C@](C)(C[C@@H]1F)N2. The molecule has 2 saturated heterocycles. The van der Waals surface area contributed by atoms with E-state index in [-0.39, 0.29) is 18.6 Å². The number of aromatic nitrogens is 4. The van der Waals surface area contributed by atoms with Gasteiger partial charge in [-0.15, -0.1) is 5.10 Å². The number of phenolic OH excluding ortho intramolecular Hbond substituents is 1. The van der Waals surface area contributed by atoms with E-state index in [4.69, 9.17) is 0 Å². The van der Waals surface area contributed by atoms with E-state index in [1.807, 2.05) is 6.07 Å². The van der Waals surface area contributed by atoms with Crippen molar-refractivity contribution in [2.45, 2.75) is 50.1 Å². The standard InChI is InChI=1S/C23H23F2N5O/c1-22-11-14(21(25)23(2,29-22)12-20(22)24)9-15-3-6-18(28-27-15)17-5-4-16(10-19(17)31)30-8-7-26-13-30/h3-10,13,20-21,29,31H,11-12H2,1-2H3/b14-9+/t20-,21-,22-,23-/m0/s1. The monoisotopic (exact) mass is 423 g/mol. The van der Waals surface area contributed by atoms with Crippen LogP contribution in [0, 0.1) is 0 Å². The number of benzene rings is 1. The smallest absolute Gasteiger partial charge is 0.140 e. The first-order valence-electron chi connectivity index (χ1n) is 10.2. The minimum atomic E-state index is -1.29. The molecule has 2 bridgehead atoms. The van der Waals surface area contributed by atoms with E-state index in [0.717, 1.165) is 5.69 Å². The molecule has 2 aromatic heterocycles. The molecule has 31 heavy (non-hydrogen) atoms. The number of aromatic hydroxyl groups is 1. The van der Waals surface area contributed by atoms with Gasteiger partial charge in [0.2, 0.25) is 0 Å². The molecule has 2 aliphatic rings. The van der Waals surface area contributed by atoms with Crippen LogP contribution in [0.15, 0.2) is 54.6 Å². The second-order valence-electron chi connectivity index (χ2n) is 8.91. The molecule has 0 radical (unpaired) electrons. The van der Waals surface area contributed by atoms with Crippen LogP contribution < -0.4 is 5.32 Å². The van der Waals surface area contributed by atoms with Gasteiger partial charge < -0.3 is 15.0 Å². The Kier molecular flexibility index (Phi) is 4.44. The Bertz CT molecular complexity index is 1150. The van der Waals surface area contributed by atoms with Crippen molar-refractivity contribution in [3.8, 4) is 22.7 Å². The van der Waals surface area contributed by atoms with Gasteiger partial charge in [0.25, 0.3) is 0 Å². The molecule has 0 amide bonds. The molecule has 4 atom stereocenters. The highest BCUT2D eigenvalue weighted by atomic mass is 19.1. The lowest BCUT2D eigenvalue weighted by atomic mass is 9.82. The number of nitrogens with zero attached hydrogens (tertiary/aromatic N) is 4. The predicted molar refractivity (Wildman–Crippen MR) is 113 cm³/mol. The van der Waals surface area contributed by atoms with Crippen molar-refractivity contribution < 1.29 is 13.9 Å². The predicted octanol–water partition coefficient (Wildman–Crippen LogP) is 4.01. The zero-order chi connectivity index (χ0) is 21.8. The van der Waals surface area contributed by atoms with Crippen LogP contribution in [0.2, 0.25) is 0 Å². The minimum Gasteiger partial charge on any atom is -0.507 e. The summed E-state index contributed by atoms with van der Waals surface area (Å²) in [6, 6.07) is 8.70.